The fourth-order valence-electron chi connectivity index (χ4n) is 2.64. The van der Waals surface area contributed by atoms with Gasteiger partial charge in [-0.2, -0.15) is 0 Å². The summed E-state index contributed by atoms with van der Waals surface area (Å²) in [4.78, 5) is 23.1. The van der Waals surface area contributed by atoms with Crippen molar-refractivity contribution in [2.75, 3.05) is 5.73 Å². The van der Waals surface area contributed by atoms with Gasteiger partial charge in [-0.25, -0.2) is 4.79 Å². The molecular formula is C12H13N3O2. The van der Waals surface area contributed by atoms with E-state index >= 15 is 0 Å². The zero-order valence-electron chi connectivity index (χ0n) is 9.25. The smallest absolute Gasteiger partial charge is 0.322 e. The van der Waals surface area contributed by atoms with Crippen LogP contribution in [-0.4, -0.2) is 17.5 Å². The number of aryl methyl sites for hydroxylation is 1. The van der Waals surface area contributed by atoms with Crippen LogP contribution in [0.2, 0.25) is 0 Å². The largest absolute Gasteiger partial charge is 0.399 e. The molecule has 17 heavy (non-hydrogen) atoms. The van der Waals surface area contributed by atoms with Crippen LogP contribution in [0, 0.1) is 0 Å². The lowest BCUT2D eigenvalue weighted by Gasteiger charge is -2.31. The number of nitrogens with one attached hydrogen (secondary N) is 2. The summed E-state index contributed by atoms with van der Waals surface area (Å²) in [6.45, 7) is 0. The molecule has 1 fully saturated rings. The second-order valence-electron chi connectivity index (χ2n) is 4.70. The number of carbonyl (C=O) groups is 2. The molecule has 1 aliphatic carbocycles. The number of benzene rings is 1. The second-order valence-corrected chi connectivity index (χ2v) is 4.70. The summed E-state index contributed by atoms with van der Waals surface area (Å²) in [6.07, 6.45) is 1.94. The highest BCUT2D eigenvalue weighted by molar-refractivity contribution is 6.07. The van der Waals surface area contributed by atoms with Gasteiger partial charge in [0.15, 0.2) is 0 Å². The van der Waals surface area contributed by atoms with Gasteiger partial charge in [0, 0.05) is 12.1 Å². The summed E-state index contributed by atoms with van der Waals surface area (Å²) >= 11 is 0. The Bertz CT molecular complexity index is 526. The highest BCUT2D eigenvalue weighted by Crippen LogP contribution is 2.31. The van der Waals surface area contributed by atoms with Crippen molar-refractivity contribution in [2.24, 2.45) is 0 Å². The number of nitrogen functional groups attached to an aromatic ring is 1. The number of imide groups is 1. The van der Waals surface area contributed by atoms with Crippen molar-refractivity contribution in [3.63, 3.8) is 0 Å². The first-order valence-electron chi connectivity index (χ1n) is 5.60. The lowest BCUT2D eigenvalue weighted by Crippen LogP contribution is -2.51. The van der Waals surface area contributed by atoms with Gasteiger partial charge in [0.25, 0.3) is 5.91 Å². The molecule has 0 saturated carbocycles. The Labute approximate surface area is 98.4 Å². The van der Waals surface area contributed by atoms with Crippen LogP contribution in [0.15, 0.2) is 18.2 Å². The lowest BCUT2D eigenvalue weighted by molar-refractivity contribution is -0.124. The van der Waals surface area contributed by atoms with E-state index in [4.69, 9.17) is 5.73 Å². The van der Waals surface area contributed by atoms with Crippen molar-refractivity contribution in [1.82, 2.24) is 10.6 Å². The maximum absolute atomic E-state index is 11.8. The Kier molecular flexibility index (Phi) is 1.92. The third kappa shape index (κ3) is 1.46. The third-order valence-electron chi connectivity index (χ3n) is 3.56. The normalized spacial score (nSPS) is 26.6. The molecule has 0 radical (unpaired) electrons. The summed E-state index contributed by atoms with van der Waals surface area (Å²) < 4.78 is 0. The van der Waals surface area contributed by atoms with Gasteiger partial charge < -0.3 is 11.1 Å². The predicted octanol–water partition coefficient (Wildman–Crippen LogP) is 0.336. The van der Waals surface area contributed by atoms with Gasteiger partial charge in [0.1, 0.15) is 5.54 Å². The maximum atomic E-state index is 11.8. The molecule has 5 nitrogen and oxygen atoms in total. The van der Waals surface area contributed by atoms with Crippen molar-refractivity contribution in [1.29, 1.82) is 0 Å². The fraction of sp³-hybridized carbons (Fsp3) is 0.333. The number of hydrogen-bond acceptors (Lipinski definition) is 3. The molecule has 1 aromatic carbocycles. The lowest BCUT2D eigenvalue weighted by atomic mass is 9.78. The van der Waals surface area contributed by atoms with Gasteiger partial charge in [-0.3, -0.25) is 10.1 Å². The molecule has 1 heterocycles. The van der Waals surface area contributed by atoms with E-state index in [1.807, 2.05) is 18.2 Å². The highest BCUT2D eigenvalue weighted by atomic mass is 16.2. The molecular weight excluding hydrogens is 218 g/mol. The van der Waals surface area contributed by atoms with Crippen LogP contribution >= 0.6 is 0 Å². The van der Waals surface area contributed by atoms with Crippen LogP contribution in [0.3, 0.4) is 0 Å². The Morgan fingerprint density at radius 3 is 2.76 bits per heavy atom. The predicted molar refractivity (Wildman–Crippen MR) is 62.3 cm³/mol. The number of carbonyl (C=O) groups excluding carboxylic acids is 2. The van der Waals surface area contributed by atoms with E-state index in [0.717, 1.165) is 12.0 Å². The van der Waals surface area contributed by atoms with Crippen molar-refractivity contribution >= 4 is 17.6 Å². The Morgan fingerprint density at radius 2 is 2.06 bits per heavy atom. The van der Waals surface area contributed by atoms with Crippen LogP contribution < -0.4 is 16.4 Å². The minimum atomic E-state index is -0.766. The maximum Gasteiger partial charge on any atom is 0.322 e. The van der Waals surface area contributed by atoms with Crippen LogP contribution in [0.4, 0.5) is 10.5 Å². The van der Waals surface area contributed by atoms with Crippen molar-refractivity contribution < 1.29 is 9.59 Å². The number of hydrogen-bond donors (Lipinski definition) is 3. The van der Waals surface area contributed by atoms with E-state index in [2.05, 4.69) is 10.6 Å². The average Bonchev–Trinajstić information content (AvgIpc) is 2.53. The van der Waals surface area contributed by atoms with E-state index in [1.54, 1.807) is 0 Å². The quantitative estimate of drug-likeness (QED) is 0.444. The summed E-state index contributed by atoms with van der Waals surface area (Å²) in [5.41, 5.74) is 7.92. The van der Waals surface area contributed by atoms with Crippen LogP contribution in [0.25, 0.3) is 0 Å². The molecule has 1 saturated heterocycles. The van der Waals surface area contributed by atoms with Gasteiger partial charge in [-0.15, -0.1) is 0 Å². The molecule has 1 aromatic rings. The van der Waals surface area contributed by atoms with Crippen molar-refractivity contribution in [2.45, 2.75) is 24.8 Å². The van der Waals surface area contributed by atoms with E-state index in [1.165, 1.54) is 5.56 Å². The fourth-order valence-corrected chi connectivity index (χ4v) is 2.64. The minimum absolute atomic E-state index is 0.226. The molecule has 88 valence electrons. The van der Waals surface area contributed by atoms with Gasteiger partial charge in [-0.1, -0.05) is 6.07 Å². The van der Waals surface area contributed by atoms with Crippen LogP contribution in [-0.2, 0) is 17.6 Å². The first kappa shape index (κ1) is 10.1. The van der Waals surface area contributed by atoms with Gasteiger partial charge in [0.05, 0.1) is 0 Å². The van der Waals surface area contributed by atoms with Crippen molar-refractivity contribution in [3.8, 4) is 0 Å². The van der Waals surface area contributed by atoms with Gasteiger partial charge >= 0.3 is 6.03 Å². The first-order chi connectivity index (χ1) is 8.09. The second kappa shape index (κ2) is 3.23. The molecule has 1 atom stereocenters. The molecule has 0 aromatic heterocycles. The number of urea groups is 1. The van der Waals surface area contributed by atoms with E-state index < -0.39 is 11.6 Å². The molecule has 1 spiro atoms. The molecule has 3 amide bonds. The summed E-state index contributed by atoms with van der Waals surface area (Å²) in [7, 11) is 0. The minimum Gasteiger partial charge on any atom is -0.399 e. The summed E-state index contributed by atoms with van der Waals surface area (Å²) in [5.74, 6) is -0.226. The third-order valence-corrected chi connectivity index (χ3v) is 3.56. The molecule has 3 rings (SSSR count). The van der Waals surface area contributed by atoms with E-state index in [-0.39, 0.29) is 5.91 Å². The monoisotopic (exact) mass is 231 g/mol. The topological polar surface area (TPSA) is 84.2 Å². The van der Waals surface area contributed by atoms with E-state index in [0.29, 0.717) is 18.5 Å². The Morgan fingerprint density at radius 1 is 1.24 bits per heavy atom. The zero-order valence-corrected chi connectivity index (χ0v) is 9.25. The Balaban J connectivity index is 1.99. The van der Waals surface area contributed by atoms with Gasteiger partial charge in [-0.05, 0) is 36.1 Å². The molecule has 0 unspecified atom stereocenters. The Hall–Kier alpha value is -2.04. The molecule has 1 aliphatic heterocycles. The van der Waals surface area contributed by atoms with Gasteiger partial charge in [0.2, 0.25) is 0 Å². The summed E-state index contributed by atoms with van der Waals surface area (Å²) in [6, 6.07) is 5.34. The first-order valence-corrected chi connectivity index (χ1v) is 5.60. The average molecular weight is 231 g/mol. The summed E-state index contributed by atoms with van der Waals surface area (Å²) in [5, 5.41) is 5.04. The standard InChI is InChI=1S/C12H13N3O2/c13-9-2-1-7-3-4-12(6-8(7)5-9)10(16)14-11(17)15-12/h1-2,5H,3-4,6,13H2,(H2,14,15,16,17)/t12-/m0/s1. The zero-order chi connectivity index (χ0) is 12.0. The number of amides is 3. The number of anilines is 1. The molecule has 5 heteroatoms. The van der Waals surface area contributed by atoms with Crippen molar-refractivity contribution in [3.05, 3.63) is 29.3 Å². The molecule has 4 N–H and O–H groups in total. The SMILES string of the molecule is Nc1ccc2c(c1)C[C@]1(CC2)NC(=O)NC1=O. The molecule has 0 bridgehead atoms. The number of nitrogens with two attached hydrogens (primary N) is 1. The molecule has 2 aliphatic rings. The number of rotatable bonds is 0. The van der Waals surface area contributed by atoms with Crippen LogP contribution in [0.1, 0.15) is 17.5 Å². The van der Waals surface area contributed by atoms with E-state index in [9.17, 15) is 9.59 Å². The van der Waals surface area contributed by atoms with Crippen LogP contribution in [0.5, 0.6) is 0 Å². The number of fused-ring (bicyclic) bond motifs is 1. The highest BCUT2D eigenvalue weighted by Gasteiger charge is 2.47.